The van der Waals surface area contributed by atoms with E-state index in [1.807, 2.05) is 6.92 Å². The summed E-state index contributed by atoms with van der Waals surface area (Å²) in [7, 11) is 0. The van der Waals surface area contributed by atoms with Crippen LogP contribution >= 0.6 is 0 Å². The molecule has 168 valence electrons. The number of nitrogens with one attached hydrogen (secondary N) is 2. The van der Waals surface area contributed by atoms with Gasteiger partial charge in [0.2, 0.25) is 0 Å². The number of nitrogens with zero attached hydrogens (tertiary/aromatic N) is 3. The number of aromatic nitrogens is 2. The minimum atomic E-state index is -0.463. The molecule has 0 radical (unpaired) electrons. The molecule has 2 aromatic heterocycles. The number of hydrogen-bond acceptors (Lipinski definition) is 7. The van der Waals surface area contributed by atoms with E-state index in [2.05, 4.69) is 20.6 Å². The van der Waals surface area contributed by atoms with Gasteiger partial charge in [-0.1, -0.05) is 0 Å². The van der Waals surface area contributed by atoms with Crippen LogP contribution in [0.2, 0.25) is 0 Å². The summed E-state index contributed by atoms with van der Waals surface area (Å²) in [5, 5.41) is 6.05. The van der Waals surface area contributed by atoms with E-state index in [1.54, 1.807) is 12.1 Å². The Labute approximate surface area is 184 Å². The van der Waals surface area contributed by atoms with Gasteiger partial charge in [-0.05, 0) is 68.5 Å². The van der Waals surface area contributed by atoms with Crippen LogP contribution in [0.4, 0.5) is 20.8 Å². The number of carbonyl (C=O) groups excluding carboxylic acids is 2. The highest BCUT2D eigenvalue weighted by molar-refractivity contribution is 5.95. The molecule has 2 atom stereocenters. The Morgan fingerprint density at radius 2 is 2.12 bits per heavy atom. The van der Waals surface area contributed by atoms with Crippen molar-refractivity contribution in [3.8, 4) is 5.75 Å². The average molecular weight is 441 g/mol. The molecule has 2 unspecified atom stereocenters. The van der Waals surface area contributed by atoms with Gasteiger partial charge in [0.25, 0.3) is 5.91 Å². The van der Waals surface area contributed by atoms with Crippen molar-refractivity contribution in [3.63, 3.8) is 0 Å². The zero-order valence-corrected chi connectivity index (χ0v) is 17.7. The number of cyclic esters (lactones) is 1. The minimum absolute atomic E-state index is 0.0484. The molecule has 2 aromatic rings. The highest BCUT2D eigenvalue weighted by Crippen LogP contribution is 2.31. The number of fused-ring (bicyclic) bond motifs is 2. The van der Waals surface area contributed by atoms with Gasteiger partial charge in [-0.15, -0.1) is 0 Å². The number of ether oxygens (including phenoxy) is 2. The topological polar surface area (TPSA) is 106 Å². The first-order valence-electron chi connectivity index (χ1n) is 10.7. The normalized spacial score (nSPS) is 21.6. The maximum absolute atomic E-state index is 14.0. The van der Waals surface area contributed by atoms with Gasteiger partial charge in [-0.2, -0.15) is 0 Å². The van der Waals surface area contributed by atoms with Crippen molar-refractivity contribution < 1.29 is 23.5 Å². The molecule has 3 aliphatic rings. The Balaban J connectivity index is 1.11. The van der Waals surface area contributed by atoms with Gasteiger partial charge in [-0.3, -0.25) is 14.7 Å². The molecule has 0 saturated carbocycles. The summed E-state index contributed by atoms with van der Waals surface area (Å²) < 4.78 is 24.8. The molecule has 2 N–H and O–H groups in total. The van der Waals surface area contributed by atoms with Crippen molar-refractivity contribution in [1.82, 2.24) is 15.3 Å². The fraction of sp³-hybridized carbons (Fsp3) is 0.455. The molecule has 10 heteroatoms. The minimum Gasteiger partial charge on any atom is -0.480 e. The summed E-state index contributed by atoms with van der Waals surface area (Å²) in [4.78, 5) is 33.7. The van der Waals surface area contributed by atoms with Crippen LogP contribution in [0.25, 0.3) is 0 Å². The van der Waals surface area contributed by atoms with E-state index in [1.165, 1.54) is 11.1 Å². The summed E-state index contributed by atoms with van der Waals surface area (Å²) in [6.07, 6.45) is 2.78. The van der Waals surface area contributed by atoms with Crippen molar-refractivity contribution in [3.05, 3.63) is 41.0 Å². The standard InChI is InChI=1S/C22H24FN5O4/c1-12-15-6-13(7-16(15)17(23)9-25-12)8-24-5-4-14-10-28(22(30)32-14)19-3-2-18-21(26-19)27-20(29)11-31-18/h2-3,9,13-14,24H,4-8,10-11H2,1H3,(H,26,27,29). The second kappa shape index (κ2) is 8.34. The van der Waals surface area contributed by atoms with E-state index in [4.69, 9.17) is 9.47 Å². The van der Waals surface area contributed by atoms with Crippen LogP contribution in [0.1, 0.15) is 23.2 Å². The zero-order chi connectivity index (χ0) is 22.2. The second-order valence-corrected chi connectivity index (χ2v) is 8.39. The molecule has 9 nitrogen and oxygen atoms in total. The Morgan fingerprint density at radius 3 is 2.97 bits per heavy atom. The van der Waals surface area contributed by atoms with Crippen molar-refractivity contribution in [2.24, 2.45) is 5.92 Å². The maximum Gasteiger partial charge on any atom is 0.415 e. The van der Waals surface area contributed by atoms with Gasteiger partial charge in [0.15, 0.2) is 18.2 Å². The monoisotopic (exact) mass is 441 g/mol. The molecular formula is C22H24FN5O4. The average Bonchev–Trinajstić information content (AvgIpc) is 3.38. The first-order valence-corrected chi connectivity index (χ1v) is 10.7. The number of amides is 2. The van der Waals surface area contributed by atoms with Crippen LogP contribution in [-0.4, -0.2) is 54.3 Å². The van der Waals surface area contributed by atoms with E-state index in [0.29, 0.717) is 49.2 Å². The summed E-state index contributed by atoms with van der Waals surface area (Å²) in [6, 6.07) is 3.35. The predicted octanol–water partition coefficient (Wildman–Crippen LogP) is 1.97. The molecule has 1 saturated heterocycles. The Bertz CT molecular complexity index is 1050. The molecule has 0 bridgehead atoms. The number of anilines is 2. The van der Waals surface area contributed by atoms with E-state index in [-0.39, 0.29) is 24.4 Å². The third kappa shape index (κ3) is 3.97. The lowest BCUT2D eigenvalue weighted by molar-refractivity contribution is -0.118. The quantitative estimate of drug-likeness (QED) is 0.661. The largest absolute Gasteiger partial charge is 0.480 e. The van der Waals surface area contributed by atoms with Crippen LogP contribution in [-0.2, 0) is 22.4 Å². The molecule has 1 fully saturated rings. The van der Waals surface area contributed by atoms with Crippen LogP contribution < -0.4 is 20.3 Å². The summed E-state index contributed by atoms with van der Waals surface area (Å²) >= 11 is 0. The van der Waals surface area contributed by atoms with Gasteiger partial charge in [0.05, 0.1) is 12.7 Å². The molecular weight excluding hydrogens is 417 g/mol. The highest BCUT2D eigenvalue weighted by Gasteiger charge is 2.34. The van der Waals surface area contributed by atoms with Gasteiger partial charge in [0.1, 0.15) is 17.7 Å². The first kappa shape index (κ1) is 20.6. The number of halogens is 1. The summed E-state index contributed by atoms with van der Waals surface area (Å²) in [6.45, 7) is 3.70. The van der Waals surface area contributed by atoms with Crippen molar-refractivity contribution in [2.45, 2.75) is 32.3 Å². The smallest absolute Gasteiger partial charge is 0.415 e. The number of aryl methyl sites for hydroxylation is 1. The fourth-order valence-electron chi connectivity index (χ4n) is 4.49. The first-order chi connectivity index (χ1) is 15.5. The van der Waals surface area contributed by atoms with E-state index in [0.717, 1.165) is 29.8 Å². The Morgan fingerprint density at radius 1 is 1.28 bits per heavy atom. The van der Waals surface area contributed by atoms with Crippen molar-refractivity contribution in [1.29, 1.82) is 0 Å². The van der Waals surface area contributed by atoms with E-state index < -0.39 is 6.09 Å². The lowest BCUT2D eigenvalue weighted by Crippen LogP contribution is -2.30. The number of pyridine rings is 2. The number of hydrogen-bond donors (Lipinski definition) is 2. The summed E-state index contributed by atoms with van der Waals surface area (Å²) in [5.74, 6) is 1.02. The summed E-state index contributed by atoms with van der Waals surface area (Å²) in [5.41, 5.74) is 2.74. The van der Waals surface area contributed by atoms with Gasteiger partial charge >= 0.3 is 6.09 Å². The van der Waals surface area contributed by atoms with Gasteiger partial charge < -0.3 is 20.1 Å². The lowest BCUT2D eigenvalue weighted by atomic mass is 10.1. The second-order valence-electron chi connectivity index (χ2n) is 8.39. The number of rotatable bonds is 6. The van der Waals surface area contributed by atoms with Gasteiger partial charge in [0, 0.05) is 5.69 Å². The van der Waals surface area contributed by atoms with Crippen molar-refractivity contribution in [2.75, 3.05) is 36.5 Å². The van der Waals surface area contributed by atoms with E-state index in [9.17, 15) is 14.0 Å². The molecule has 2 amide bonds. The van der Waals surface area contributed by atoms with Crippen molar-refractivity contribution >= 4 is 23.6 Å². The lowest BCUT2D eigenvalue weighted by Gasteiger charge is -2.19. The van der Waals surface area contributed by atoms with Crippen LogP contribution in [0.15, 0.2) is 18.3 Å². The molecule has 5 rings (SSSR count). The molecule has 0 spiro atoms. The Kier molecular flexibility index (Phi) is 5.38. The molecule has 2 aliphatic heterocycles. The van der Waals surface area contributed by atoms with Crippen LogP contribution in [0, 0.1) is 18.7 Å². The zero-order valence-electron chi connectivity index (χ0n) is 17.7. The fourth-order valence-corrected chi connectivity index (χ4v) is 4.49. The van der Waals surface area contributed by atoms with Gasteiger partial charge in [-0.25, -0.2) is 14.2 Å². The predicted molar refractivity (Wildman–Crippen MR) is 113 cm³/mol. The Hall–Kier alpha value is -3.27. The SMILES string of the molecule is Cc1ncc(F)c2c1CC(CNCCC1CN(c3ccc4c(n3)NC(=O)CO4)C(=O)O1)C2. The molecule has 4 heterocycles. The third-order valence-electron chi connectivity index (χ3n) is 6.13. The maximum atomic E-state index is 14.0. The highest BCUT2D eigenvalue weighted by atomic mass is 19.1. The molecule has 1 aliphatic carbocycles. The van der Waals surface area contributed by atoms with Crippen LogP contribution in [0.5, 0.6) is 5.75 Å². The number of carbonyl (C=O) groups is 2. The van der Waals surface area contributed by atoms with Crippen LogP contribution in [0.3, 0.4) is 0 Å². The molecule has 0 aromatic carbocycles. The molecule has 32 heavy (non-hydrogen) atoms. The third-order valence-corrected chi connectivity index (χ3v) is 6.13. The van der Waals surface area contributed by atoms with E-state index >= 15 is 0 Å².